The molecule has 1 aromatic carbocycles. The predicted molar refractivity (Wildman–Crippen MR) is 91.7 cm³/mol. The highest BCUT2D eigenvalue weighted by Gasteiger charge is 2.40. The number of hydrogen-bond acceptors (Lipinski definition) is 3. The summed E-state index contributed by atoms with van der Waals surface area (Å²) in [5, 5.41) is 9.35. The van der Waals surface area contributed by atoms with E-state index < -0.39 is 17.9 Å². The zero-order valence-electron chi connectivity index (χ0n) is 14.5. The van der Waals surface area contributed by atoms with Crippen molar-refractivity contribution in [3.05, 3.63) is 35.4 Å². The fourth-order valence-corrected chi connectivity index (χ4v) is 3.69. The molecule has 6 nitrogen and oxygen atoms in total. The first kappa shape index (κ1) is 17.5. The molecule has 0 spiro atoms. The van der Waals surface area contributed by atoms with E-state index in [9.17, 15) is 19.5 Å². The number of carbonyl (C=O) groups is 3. The second-order valence-electron chi connectivity index (χ2n) is 7.04. The highest BCUT2D eigenvalue weighted by molar-refractivity contribution is 5.91. The number of aryl methyl sites for hydroxylation is 1. The van der Waals surface area contributed by atoms with E-state index in [4.69, 9.17) is 0 Å². The standard InChI is InChI=1S/C19H24N2O4/c1-13-5-7-14(8-6-13)11-20-12-15(10-17(20)22)18(23)21-9-3-2-4-16(21)19(24)25/h5-8,15-16H,2-4,9-12H2,1H3,(H,24,25)/t15?,16-/m1/s1. The van der Waals surface area contributed by atoms with Crippen LogP contribution in [0.25, 0.3) is 0 Å². The summed E-state index contributed by atoms with van der Waals surface area (Å²) < 4.78 is 0. The lowest BCUT2D eigenvalue weighted by atomic mass is 9.98. The zero-order valence-corrected chi connectivity index (χ0v) is 14.5. The number of amides is 2. The van der Waals surface area contributed by atoms with Gasteiger partial charge in [0.2, 0.25) is 11.8 Å². The third-order valence-corrected chi connectivity index (χ3v) is 5.13. The molecule has 0 radical (unpaired) electrons. The smallest absolute Gasteiger partial charge is 0.326 e. The van der Waals surface area contributed by atoms with Gasteiger partial charge in [0, 0.05) is 26.1 Å². The van der Waals surface area contributed by atoms with Gasteiger partial charge in [0.25, 0.3) is 0 Å². The van der Waals surface area contributed by atoms with Gasteiger partial charge in [-0.05, 0) is 31.7 Å². The van der Waals surface area contributed by atoms with E-state index in [0.717, 1.165) is 24.0 Å². The van der Waals surface area contributed by atoms with Crippen LogP contribution in [0.5, 0.6) is 0 Å². The zero-order chi connectivity index (χ0) is 18.0. The minimum Gasteiger partial charge on any atom is -0.480 e. The van der Waals surface area contributed by atoms with E-state index in [1.807, 2.05) is 31.2 Å². The monoisotopic (exact) mass is 344 g/mol. The summed E-state index contributed by atoms with van der Waals surface area (Å²) in [6.45, 7) is 3.34. The van der Waals surface area contributed by atoms with Crippen molar-refractivity contribution < 1.29 is 19.5 Å². The van der Waals surface area contributed by atoms with Crippen LogP contribution in [0.3, 0.4) is 0 Å². The van der Waals surface area contributed by atoms with Gasteiger partial charge in [-0.1, -0.05) is 29.8 Å². The number of carboxylic acids is 1. The summed E-state index contributed by atoms with van der Waals surface area (Å²) in [7, 11) is 0. The Balaban J connectivity index is 1.65. The Kier molecular flexibility index (Phi) is 5.06. The second kappa shape index (κ2) is 7.25. The van der Waals surface area contributed by atoms with E-state index in [1.165, 1.54) is 4.90 Å². The SMILES string of the molecule is Cc1ccc(CN2CC(C(=O)N3CCCC[C@@H]3C(=O)O)CC2=O)cc1. The van der Waals surface area contributed by atoms with Crippen molar-refractivity contribution >= 4 is 17.8 Å². The second-order valence-corrected chi connectivity index (χ2v) is 7.04. The molecule has 25 heavy (non-hydrogen) atoms. The maximum Gasteiger partial charge on any atom is 0.326 e. The molecule has 3 rings (SSSR count). The summed E-state index contributed by atoms with van der Waals surface area (Å²) in [5.74, 6) is -1.61. The van der Waals surface area contributed by atoms with Gasteiger partial charge >= 0.3 is 5.97 Å². The maximum absolute atomic E-state index is 12.8. The number of hydrogen-bond donors (Lipinski definition) is 1. The number of nitrogens with zero attached hydrogens (tertiary/aromatic N) is 2. The average Bonchev–Trinajstić information content (AvgIpc) is 2.97. The number of carbonyl (C=O) groups excluding carboxylic acids is 2. The molecule has 1 N–H and O–H groups in total. The number of piperidine rings is 1. The molecule has 6 heteroatoms. The van der Waals surface area contributed by atoms with E-state index in [-0.39, 0.29) is 18.2 Å². The van der Waals surface area contributed by atoms with Crippen molar-refractivity contribution in [2.75, 3.05) is 13.1 Å². The van der Waals surface area contributed by atoms with Gasteiger partial charge in [-0.3, -0.25) is 9.59 Å². The summed E-state index contributed by atoms with van der Waals surface area (Å²) in [4.78, 5) is 39.7. The molecule has 0 bridgehead atoms. The van der Waals surface area contributed by atoms with Crippen LogP contribution in [0.1, 0.15) is 36.8 Å². The molecular weight excluding hydrogens is 320 g/mol. The Labute approximate surface area is 147 Å². The number of rotatable bonds is 4. The first-order valence-electron chi connectivity index (χ1n) is 8.82. The van der Waals surface area contributed by atoms with Crippen LogP contribution in [0, 0.1) is 12.8 Å². The van der Waals surface area contributed by atoms with Gasteiger partial charge in [-0.25, -0.2) is 4.79 Å². The van der Waals surface area contributed by atoms with E-state index in [1.54, 1.807) is 4.90 Å². The van der Waals surface area contributed by atoms with E-state index >= 15 is 0 Å². The van der Waals surface area contributed by atoms with Crippen molar-refractivity contribution in [1.82, 2.24) is 9.80 Å². The molecule has 2 atom stereocenters. The Hall–Kier alpha value is -2.37. The highest BCUT2D eigenvalue weighted by Crippen LogP contribution is 2.26. The fraction of sp³-hybridized carbons (Fsp3) is 0.526. The molecule has 2 fully saturated rings. The molecule has 0 saturated carbocycles. The summed E-state index contributed by atoms with van der Waals surface area (Å²) in [5.41, 5.74) is 2.20. The third kappa shape index (κ3) is 3.83. The van der Waals surface area contributed by atoms with Crippen molar-refractivity contribution in [3.8, 4) is 0 Å². The van der Waals surface area contributed by atoms with Crippen LogP contribution in [0.2, 0.25) is 0 Å². The maximum atomic E-state index is 12.8. The minimum absolute atomic E-state index is 0.0391. The molecule has 134 valence electrons. The first-order valence-corrected chi connectivity index (χ1v) is 8.82. The molecule has 1 aromatic rings. The number of carboxylic acid groups (broad SMARTS) is 1. The normalized spacial score (nSPS) is 23.8. The van der Waals surface area contributed by atoms with Crippen LogP contribution >= 0.6 is 0 Å². The van der Waals surface area contributed by atoms with Crippen LogP contribution in [-0.4, -0.2) is 51.8 Å². The van der Waals surface area contributed by atoms with Crippen LogP contribution < -0.4 is 0 Å². The van der Waals surface area contributed by atoms with Gasteiger partial charge in [0.1, 0.15) is 6.04 Å². The lowest BCUT2D eigenvalue weighted by molar-refractivity contribution is -0.153. The van der Waals surface area contributed by atoms with Gasteiger partial charge in [-0.2, -0.15) is 0 Å². The number of likely N-dealkylation sites (tertiary alicyclic amines) is 2. The molecular formula is C19H24N2O4. The summed E-state index contributed by atoms with van der Waals surface area (Å²) in [6.07, 6.45) is 2.31. The van der Waals surface area contributed by atoms with Crippen LogP contribution in [0.4, 0.5) is 0 Å². The molecule has 2 amide bonds. The quantitative estimate of drug-likeness (QED) is 0.904. The predicted octanol–water partition coefficient (Wildman–Crippen LogP) is 1.81. The molecule has 1 unspecified atom stereocenters. The van der Waals surface area contributed by atoms with Gasteiger partial charge in [-0.15, -0.1) is 0 Å². The Bertz CT molecular complexity index is 671. The van der Waals surface area contributed by atoms with E-state index in [2.05, 4.69) is 0 Å². The Morgan fingerprint density at radius 3 is 2.60 bits per heavy atom. The topological polar surface area (TPSA) is 77.9 Å². The Morgan fingerprint density at radius 1 is 1.20 bits per heavy atom. The lowest BCUT2D eigenvalue weighted by Gasteiger charge is -2.34. The highest BCUT2D eigenvalue weighted by atomic mass is 16.4. The Morgan fingerprint density at radius 2 is 1.92 bits per heavy atom. The summed E-state index contributed by atoms with van der Waals surface area (Å²) in [6, 6.07) is 7.24. The largest absolute Gasteiger partial charge is 0.480 e. The van der Waals surface area contributed by atoms with E-state index in [0.29, 0.717) is 26.1 Å². The molecule has 0 aromatic heterocycles. The number of aliphatic carboxylic acids is 1. The van der Waals surface area contributed by atoms with Gasteiger partial charge < -0.3 is 14.9 Å². The van der Waals surface area contributed by atoms with Gasteiger partial charge in [0.05, 0.1) is 5.92 Å². The minimum atomic E-state index is -0.950. The van der Waals surface area contributed by atoms with Crippen molar-refractivity contribution in [3.63, 3.8) is 0 Å². The molecule has 2 aliphatic heterocycles. The number of benzene rings is 1. The fourth-order valence-electron chi connectivity index (χ4n) is 3.69. The molecule has 2 heterocycles. The van der Waals surface area contributed by atoms with Crippen LogP contribution in [0.15, 0.2) is 24.3 Å². The summed E-state index contributed by atoms with van der Waals surface area (Å²) >= 11 is 0. The third-order valence-electron chi connectivity index (χ3n) is 5.13. The van der Waals surface area contributed by atoms with Crippen molar-refractivity contribution in [2.45, 2.75) is 45.2 Å². The molecule has 2 aliphatic rings. The van der Waals surface area contributed by atoms with Crippen molar-refractivity contribution in [1.29, 1.82) is 0 Å². The molecule has 0 aliphatic carbocycles. The van der Waals surface area contributed by atoms with Gasteiger partial charge in [0.15, 0.2) is 0 Å². The lowest BCUT2D eigenvalue weighted by Crippen LogP contribution is -2.50. The van der Waals surface area contributed by atoms with Crippen molar-refractivity contribution in [2.24, 2.45) is 5.92 Å². The molecule has 2 saturated heterocycles. The van der Waals surface area contributed by atoms with Crippen LogP contribution in [-0.2, 0) is 20.9 Å². The average molecular weight is 344 g/mol. The first-order chi connectivity index (χ1) is 12.0.